The topological polar surface area (TPSA) is 115 Å². The Kier molecular flexibility index (Phi) is 4.93. The van der Waals surface area contributed by atoms with Gasteiger partial charge in [0.1, 0.15) is 17.5 Å². The predicted octanol–water partition coefficient (Wildman–Crippen LogP) is 1.17. The van der Waals surface area contributed by atoms with Crippen molar-refractivity contribution in [3.05, 3.63) is 36.5 Å². The van der Waals surface area contributed by atoms with Crippen LogP contribution in [0.2, 0.25) is 0 Å². The number of carbonyl (C=O) groups excluding carboxylic acids is 1. The van der Waals surface area contributed by atoms with Crippen LogP contribution in [0.25, 0.3) is 0 Å². The number of hydrogen-bond donors (Lipinski definition) is 3. The summed E-state index contributed by atoms with van der Waals surface area (Å²) in [6, 6.07) is 9.18. The zero-order valence-corrected chi connectivity index (χ0v) is 15.3. The molecule has 2 aromatic heterocycles. The lowest BCUT2D eigenvalue weighted by molar-refractivity contribution is -0.127. The number of nitrogens with zero attached hydrogens (tertiary/aromatic N) is 4. The first kappa shape index (κ1) is 18.3. The summed E-state index contributed by atoms with van der Waals surface area (Å²) in [5.74, 6) is 1.57. The molecule has 9 heteroatoms. The molecule has 2 aliphatic rings. The van der Waals surface area contributed by atoms with Crippen LogP contribution < -0.4 is 15.1 Å². The van der Waals surface area contributed by atoms with E-state index in [1.54, 1.807) is 18.3 Å². The standard InChI is InChI=1S/C19H22N6O3/c20-13-19(27)5-7-25(18(19)26)14-4-6-21-16(12-14)22-15-2-1-3-17(23-15)24-8-10-28-11-9-24/h1-4,6,12-13,20,27H,5,7-11H2,(H,21,22,23)/t19-/m0/s1. The van der Waals surface area contributed by atoms with Crippen LogP contribution in [0, 0.1) is 5.41 Å². The molecular weight excluding hydrogens is 360 g/mol. The van der Waals surface area contributed by atoms with Gasteiger partial charge in [0.15, 0.2) is 5.60 Å². The molecule has 0 saturated carbocycles. The molecular formula is C19H22N6O3. The Bertz CT molecular complexity index is 885. The molecule has 1 amide bonds. The molecule has 0 bridgehead atoms. The van der Waals surface area contributed by atoms with Crippen LogP contribution in [-0.4, -0.2) is 65.6 Å². The van der Waals surface area contributed by atoms with Crippen LogP contribution >= 0.6 is 0 Å². The second-order valence-electron chi connectivity index (χ2n) is 6.78. The number of rotatable bonds is 5. The van der Waals surface area contributed by atoms with Crippen molar-refractivity contribution in [2.24, 2.45) is 0 Å². The third-order valence-corrected chi connectivity index (χ3v) is 4.95. The first-order valence-corrected chi connectivity index (χ1v) is 9.18. The summed E-state index contributed by atoms with van der Waals surface area (Å²) >= 11 is 0. The number of morpholine rings is 1. The summed E-state index contributed by atoms with van der Waals surface area (Å²) in [5, 5.41) is 20.6. The third kappa shape index (κ3) is 3.54. The van der Waals surface area contributed by atoms with Crippen molar-refractivity contribution in [2.45, 2.75) is 12.0 Å². The maximum atomic E-state index is 12.4. The first-order chi connectivity index (χ1) is 13.6. The Hall–Kier alpha value is -3.04. The number of aliphatic hydroxyl groups is 1. The van der Waals surface area contributed by atoms with Crippen molar-refractivity contribution in [3.63, 3.8) is 0 Å². The monoisotopic (exact) mass is 382 g/mol. The molecule has 2 saturated heterocycles. The van der Waals surface area contributed by atoms with Gasteiger partial charge in [-0.15, -0.1) is 0 Å². The van der Waals surface area contributed by atoms with Gasteiger partial charge in [-0.1, -0.05) is 6.07 Å². The van der Waals surface area contributed by atoms with Gasteiger partial charge in [-0.25, -0.2) is 9.97 Å². The van der Waals surface area contributed by atoms with Crippen molar-refractivity contribution in [3.8, 4) is 0 Å². The van der Waals surface area contributed by atoms with E-state index in [-0.39, 0.29) is 6.42 Å². The fourth-order valence-electron chi connectivity index (χ4n) is 3.35. The molecule has 0 radical (unpaired) electrons. The third-order valence-electron chi connectivity index (χ3n) is 4.95. The van der Waals surface area contributed by atoms with E-state index in [1.165, 1.54) is 4.90 Å². The van der Waals surface area contributed by atoms with E-state index in [2.05, 4.69) is 20.2 Å². The average Bonchev–Trinajstić information content (AvgIpc) is 3.04. The number of carbonyl (C=O) groups is 1. The highest BCUT2D eigenvalue weighted by Gasteiger charge is 2.44. The molecule has 146 valence electrons. The largest absolute Gasteiger partial charge is 0.378 e. The van der Waals surface area contributed by atoms with E-state index in [1.807, 2.05) is 18.2 Å². The number of aromatic nitrogens is 2. The first-order valence-electron chi connectivity index (χ1n) is 9.18. The molecule has 28 heavy (non-hydrogen) atoms. The van der Waals surface area contributed by atoms with E-state index >= 15 is 0 Å². The summed E-state index contributed by atoms with van der Waals surface area (Å²) < 4.78 is 5.38. The van der Waals surface area contributed by atoms with E-state index in [4.69, 9.17) is 10.1 Å². The highest BCUT2D eigenvalue weighted by Crippen LogP contribution is 2.29. The fourth-order valence-corrected chi connectivity index (χ4v) is 3.35. The van der Waals surface area contributed by atoms with Crippen LogP contribution in [0.5, 0.6) is 0 Å². The number of hydrogen-bond acceptors (Lipinski definition) is 8. The van der Waals surface area contributed by atoms with Crippen LogP contribution in [-0.2, 0) is 9.53 Å². The molecule has 0 unspecified atom stereocenters. The van der Waals surface area contributed by atoms with E-state index < -0.39 is 11.5 Å². The number of amides is 1. The summed E-state index contributed by atoms with van der Waals surface area (Å²) in [7, 11) is 0. The Labute approximate surface area is 162 Å². The van der Waals surface area contributed by atoms with Gasteiger partial charge in [-0.2, -0.15) is 0 Å². The normalized spacial score (nSPS) is 22.4. The SMILES string of the molecule is N=C[C@@]1(O)CCN(c2ccnc(Nc3cccc(N4CCOCC4)n3)c2)C1=O. The molecule has 2 aliphatic heterocycles. The second-order valence-corrected chi connectivity index (χ2v) is 6.78. The minimum Gasteiger partial charge on any atom is -0.378 e. The van der Waals surface area contributed by atoms with Gasteiger partial charge in [-0.3, -0.25) is 4.79 Å². The molecule has 4 rings (SSSR count). The summed E-state index contributed by atoms with van der Waals surface area (Å²) in [4.78, 5) is 25.0. The summed E-state index contributed by atoms with van der Waals surface area (Å²) in [5.41, 5.74) is -1.10. The minimum atomic E-state index is -1.72. The fraction of sp³-hybridized carbons (Fsp3) is 0.368. The van der Waals surface area contributed by atoms with Crippen molar-refractivity contribution < 1.29 is 14.6 Å². The van der Waals surface area contributed by atoms with Crippen LogP contribution in [0.1, 0.15) is 6.42 Å². The van der Waals surface area contributed by atoms with E-state index in [0.717, 1.165) is 25.1 Å². The molecule has 3 N–H and O–H groups in total. The van der Waals surface area contributed by atoms with Crippen LogP contribution in [0.3, 0.4) is 0 Å². The van der Waals surface area contributed by atoms with Crippen molar-refractivity contribution in [1.29, 1.82) is 5.41 Å². The lowest BCUT2D eigenvalue weighted by Gasteiger charge is -2.28. The Morgan fingerprint density at radius 2 is 2.04 bits per heavy atom. The number of ether oxygens (including phenoxy) is 1. The Morgan fingerprint density at radius 3 is 2.79 bits per heavy atom. The number of anilines is 4. The highest BCUT2D eigenvalue weighted by atomic mass is 16.5. The van der Waals surface area contributed by atoms with E-state index in [9.17, 15) is 9.90 Å². The van der Waals surface area contributed by atoms with Gasteiger partial charge in [0, 0.05) is 50.2 Å². The molecule has 9 nitrogen and oxygen atoms in total. The van der Waals surface area contributed by atoms with Crippen LogP contribution in [0.4, 0.5) is 23.1 Å². The van der Waals surface area contributed by atoms with Crippen molar-refractivity contribution >= 4 is 35.3 Å². The summed E-state index contributed by atoms with van der Waals surface area (Å²) in [6.45, 7) is 3.33. The molecule has 1 atom stereocenters. The average molecular weight is 382 g/mol. The van der Waals surface area contributed by atoms with Gasteiger partial charge >= 0.3 is 0 Å². The van der Waals surface area contributed by atoms with Crippen LogP contribution in [0.15, 0.2) is 36.5 Å². The van der Waals surface area contributed by atoms with Gasteiger partial charge in [0.2, 0.25) is 0 Å². The maximum Gasteiger partial charge on any atom is 0.264 e. The zero-order chi connectivity index (χ0) is 19.6. The molecule has 2 aromatic rings. The highest BCUT2D eigenvalue weighted by molar-refractivity contribution is 6.11. The minimum absolute atomic E-state index is 0.198. The molecule has 0 spiro atoms. The lowest BCUT2D eigenvalue weighted by Crippen LogP contribution is -2.41. The van der Waals surface area contributed by atoms with Crippen molar-refractivity contribution in [1.82, 2.24) is 9.97 Å². The number of nitrogens with one attached hydrogen (secondary N) is 2. The smallest absolute Gasteiger partial charge is 0.264 e. The van der Waals surface area contributed by atoms with E-state index in [0.29, 0.717) is 37.1 Å². The molecule has 0 aromatic carbocycles. The Balaban J connectivity index is 1.51. The zero-order valence-electron chi connectivity index (χ0n) is 15.3. The summed E-state index contributed by atoms with van der Waals surface area (Å²) in [6.07, 6.45) is 2.60. The molecule has 0 aliphatic carbocycles. The number of pyridine rings is 2. The van der Waals surface area contributed by atoms with Gasteiger partial charge in [-0.05, 0) is 18.2 Å². The predicted molar refractivity (Wildman–Crippen MR) is 105 cm³/mol. The van der Waals surface area contributed by atoms with Crippen molar-refractivity contribution in [2.75, 3.05) is 48.0 Å². The second kappa shape index (κ2) is 7.53. The van der Waals surface area contributed by atoms with Gasteiger partial charge in [0.05, 0.1) is 13.2 Å². The molecule has 2 fully saturated rings. The van der Waals surface area contributed by atoms with Gasteiger partial charge in [0.25, 0.3) is 5.91 Å². The quantitative estimate of drug-likeness (QED) is 0.665. The lowest BCUT2D eigenvalue weighted by atomic mass is 10.1. The van der Waals surface area contributed by atoms with Gasteiger partial charge < -0.3 is 30.4 Å². The molecule has 4 heterocycles. The Morgan fingerprint density at radius 1 is 1.21 bits per heavy atom. The maximum absolute atomic E-state index is 12.4.